The molecule has 0 heterocycles. The van der Waals surface area contributed by atoms with Crippen LogP contribution in [-0.2, 0) is 19.6 Å². The van der Waals surface area contributed by atoms with E-state index in [9.17, 15) is 33.2 Å². The topological polar surface area (TPSA) is 150 Å². The second kappa shape index (κ2) is 16.1. The van der Waals surface area contributed by atoms with Crippen LogP contribution in [0.2, 0.25) is 0 Å². The summed E-state index contributed by atoms with van der Waals surface area (Å²) in [6.07, 6.45) is 0.795. The number of carboxylic acid groups (broad SMARTS) is 1. The van der Waals surface area contributed by atoms with Crippen LogP contribution in [0, 0.1) is 16.0 Å². The second-order valence-corrected chi connectivity index (χ2v) is 11.4. The molecule has 0 aliphatic carbocycles. The van der Waals surface area contributed by atoms with E-state index in [0.717, 1.165) is 33.5 Å². The summed E-state index contributed by atoms with van der Waals surface area (Å²) < 4.78 is 27.4. The van der Waals surface area contributed by atoms with Crippen molar-refractivity contribution in [3.8, 4) is 0 Å². The Bertz CT molecular complexity index is 1130. The van der Waals surface area contributed by atoms with Gasteiger partial charge in [0.05, 0.1) is 27.6 Å². The van der Waals surface area contributed by atoms with Gasteiger partial charge in [0.15, 0.2) is 0 Å². The molecule has 0 aliphatic rings. The summed E-state index contributed by atoms with van der Waals surface area (Å²) in [5.41, 5.74) is -0.273. The first-order valence-electron chi connectivity index (χ1n) is 11.4. The number of nitrogens with zero attached hydrogens (tertiary/aromatic N) is 2. The maximum Gasteiger partial charge on any atom is 1.00 e. The van der Waals surface area contributed by atoms with Crippen molar-refractivity contribution >= 4 is 39.3 Å². The molecular weight excluding hydrogens is 529 g/mol. The van der Waals surface area contributed by atoms with Gasteiger partial charge in [-0.1, -0.05) is 32.0 Å². The zero-order valence-corrected chi connectivity index (χ0v) is 24.8. The molecule has 2 rings (SSSR count). The van der Waals surface area contributed by atoms with Gasteiger partial charge < -0.3 is 15.2 Å². The molecule has 0 fully saturated rings. The summed E-state index contributed by atoms with van der Waals surface area (Å²) in [6, 6.07) is 12.4. The SMILES string of the molecule is CC(C)CN([C@@H](CCCCNC(=O)CSc1ccccc1)C(=O)[O-])S(=O)(=O)c1ccc([N+](=O)[O-])cc1.[Na+]. The first-order chi connectivity index (χ1) is 17.0. The van der Waals surface area contributed by atoms with Crippen molar-refractivity contribution in [2.24, 2.45) is 5.92 Å². The van der Waals surface area contributed by atoms with Crippen LogP contribution in [0.5, 0.6) is 0 Å². The Morgan fingerprint density at radius 1 is 1.05 bits per heavy atom. The summed E-state index contributed by atoms with van der Waals surface area (Å²) in [4.78, 5) is 35.0. The van der Waals surface area contributed by atoms with Crippen molar-refractivity contribution in [1.82, 2.24) is 9.62 Å². The van der Waals surface area contributed by atoms with Crippen LogP contribution in [0.1, 0.15) is 33.1 Å². The van der Waals surface area contributed by atoms with E-state index in [1.165, 1.54) is 11.8 Å². The average Bonchev–Trinajstić information content (AvgIpc) is 2.84. The Hall–Kier alpha value is -1.96. The van der Waals surface area contributed by atoms with Crippen LogP contribution >= 0.6 is 11.8 Å². The molecule has 13 heteroatoms. The molecule has 2 aromatic carbocycles. The van der Waals surface area contributed by atoms with E-state index in [1.807, 2.05) is 30.3 Å². The van der Waals surface area contributed by atoms with Gasteiger partial charge in [-0.3, -0.25) is 14.9 Å². The molecule has 0 saturated carbocycles. The molecule has 0 unspecified atom stereocenters. The van der Waals surface area contributed by atoms with Crippen LogP contribution in [0.25, 0.3) is 0 Å². The van der Waals surface area contributed by atoms with Crippen molar-refractivity contribution in [3.05, 3.63) is 64.7 Å². The summed E-state index contributed by atoms with van der Waals surface area (Å²) in [5.74, 6) is -1.60. The Morgan fingerprint density at radius 3 is 2.22 bits per heavy atom. The number of carboxylic acids is 1. The van der Waals surface area contributed by atoms with Gasteiger partial charge in [-0.25, -0.2) is 8.42 Å². The van der Waals surface area contributed by atoms with E-state index in [0.29, 0.717) is 19.4 Å². The number of carbonyl (C=O) groups excluding carboxylic acids is 2. The number of nitrogens with one attached hydrogen (secondary N) is 1. The molecule has 0 aliphatic heterocycles. The molecule has 0 spiro atoms. The molecule has 1 atom stereocenters. The normalized spacial score (nSPS) is 12.1. The fourth-order valence-electron chi connectivity index (χ4n) is 3.41. The van der Waals surface area contributed by atoms with Crippen LogP contribution in [-0.4, -0.2) is 54.4 Å². The minimum absolute atomic E-state index is 0. The summed E-state index contributed by atoms with van der Waals surface area (Å²) in [6.45, 7) is 3.78. The number of aliphatic carboxylic acids is 1. The number of amides is 1. The van der Waals surface area contributed by atoms with Gasteiger partial charge in [0.25, 0.3) is 5.69 Å². The molecule has 0 aromatic heterocycles. The fraction of sp³-hybridized carbons (Fsp3) is 0.417. The van der Waals surface area contributed by atoms with E-state index >= 15 is 0 Å². The number of sulfonamides is 1. The predicted molar refractivity (Wildman–Crippen MR) is 135 cm³/mol. The third-order valence-electron chi connectivity index (χ3n) is 5.16. The number of unbranched alkanes of at least 4 members (excludes halogenated alkanes) is 1. The summed E-state index contributed by atoms with van der Waals surface area (Å²) in [7, 11) is -4.26. The number of benzene rings is 2. The Labute approximate surface area is 243 Å². The molecular formula is C24H30N3NaO7S2. The summed E-state index contributed by atoms with van der Waals surface area (Å²) >= 11 is 1.40. The van der Waals surface area contributed by atoms with Crippen molar-refractivity contribution in [2.75, 3.05) is 18.8 Å². The molecule has 2 aromatic rings. The smallest absolute Gasteiger partial charge is 0.548 e. The van der Waals surface area contributed by atoms with Crippen molar-refractivity contribution < 1.29 is 57.6 Å². The molecule has 0 radical (unpaired) electrons. The third kappa shape index (κ3) is 10.7. The molecule has 1 amide bonds. The Kier molecular flexibility index (Phi) is 14.4. The monoisotopic (exact) mass is 559 g/mol. The molecule has 10 nitrogen and oxygen atoms in total. The second-order valence-electron chi connectivity index (χ2n) is 8.50. The van der Waals surface area contributed by atoms with Gasteiger partial charge in [0.2, 0.25) is 15.9 Å². The number of nitro groups is 1. The van der Waals surface area contributed by atoms with Crippen LogP contribution in [0.3, 0.4) is 0 Å². The minimum Gasteiger partial charge on any atom is -0.548 e. The maximum atomic E-state index is 13.3. The average molecular weight is 560 g/mol. The number of nitro benzene ring substituents is 1. The largest absolute Gasteiger partial charge is 1.00 e. The van der Waals surface area contributed by atoms with Gasteiger partial charge >= 0.3 is 29.6 Å². The Balaban J connectivity index is 0.00000684. The van der Waals surface area contributed by atoms with Crippen molar-refractivity contribution in [1.29, 1.82) is 0 Å². The van der Waals surface area contributed by atoms with E-state index in [4.69, 9.17) is 0 Å². The van der Waals surface area contributed by atoms with Gasteiger partial charge in [-0.05, 0) is 49.4 Å². The van der Waals surface area contributed by atoms with Crippen LogP contribution in [0.15, 0.2) is 64.4 Å². The number of thioether (sulfide) groups is 1. The fourth-order valence-corrected chi connectivity index (χ4v) is 5.94. The first kappa shape index (κ1) is 33.1. The van der Waals surface area contributed by atoms with Gasteiger partial charge in [-0.15, -0.1) is 11.8 Å². The number of hydrogen-bond donors (Lipinski definition) is 1. The van der Waals surface area contributed by atoms with Crippen LogP contribution < -0.4 is 40.0 Å². The summed E-state index contributed by atoms with van der Waals surface area (Å²) in [5, 5.41) is 25.6. The van der Waals surface area contributed by atoms with Crippen molar-refractivity contribution in [2.45, 2.75) is 48.9 Å². The molecule has 37 heavy (non-hydrogen) atoms. The molecule has 0 saturated heterocycles. The zero-order valence-electron chi connectivity index (χ0n) is 21.2. The van der Waals surface area contributed by atoms with Crippen LogP contribution in [0.4, 0.5) is 5.69 Å². The molecule has 0 bridgehead atoms. The third-order valence-corrected chi connectivity index (χ3v) is 8.06. The van der Waals surface area contributed by atoms with E-state index in [2.05, 4.69) is 5.32 Å². The van der Waals surface area contributed by atoms with Gasteiger partial charge in [0.1, 0.15) is 0 Å². The number of carbonyl (C=O) groups is 2. The predicted octanol–water partition coefficient (Wildman–Crippen LogP) is -0.557. The standard InChI is InChI=1S/C24H31N3O7S2.Na/c1-18(2)16-26(36(33,34)21-13-11-19(12-14-21)27(31)32)22(24(29)30)10-6-7-15-25-23(28)17-35-20-8-4-3-5-9-20;/h3-5,8-9,11-14,18,22H,6-7,10,15-17H2,1-2H3,(H,25,28)(H,29,30);/q;+1/p-1/t22-;/m0./s1. The van der Waals surface area contributed by atoms with Gasteiger partial charge in [-0.2, -0.15) is 4.31 Å². The van der Waals surface area contributed by atoms with E-state index < -0.39 is 27.0 Å². The number of hydrogen-bond acceptors (Lipinski definition) is 8. The molecule has 1 N–H and O–H groups in total. The van der Waals surface area contributed by atoms with Crippen molar-refractivity contribution in [3.63, 3.8) is 0 Å². The number of non-ortho nitro benzene ring substituents is 1. The van der Waals surface area contributed by atoms with Gasteiger partial charge in [0, 0.05) is 30.1 Å². The molecule has 196 valence electrons. The number of rotatable bonds is 15. The quantitative estimate of drug-likeness (QED) is 0.100. The first-order valence-corrected chi connectivity index (χ1v) is 13.9. The maximum absolute atomic E-state index is 13.3. The minimum atomic E-state index is -4.26. The van der Waals surface area contributed by atoms with E-state index in [1.54, 1.807) is 13.8 Å². The Morgan fingerprint density at radius 2 is 1.68 bits per heavy atom. The van der Waals surface area contributed by atoms with E-state index in [-0.39, 0.29) is 70.7 Å². The zero-order chi connectivity index (χ0) is 26.7.